The van der Waals surface area contributed by atoms with E-state index >= 15 is 0 Å². The molecule has 0 amide bonds. The summed E-state index contributed by atoms with van der Waals surface area (Å²) < 4.78 is 32.7. The van der Waals surface area contributed by atoms with E-state index in [2.05, 4.69) is 0 Å². The van der Waals surface area contributed by atoms with E-state index < -0.39 is 22.2 Å². The maximum Gasteiger partial charge on any atom is 0.232 e. The Kier molecular flexibility index (Phi) is 6.96. The number of aliphatic hydroxyl groups is 1. The van der Waals surface area contributed by atoms with Crippen LogP contribution in [-0.4, -0.2) is 32.0 Å². The summed E-state index contributed by atoms with van der Waals surface area (Å²) in [4.78, 5) is 0. The van der Waals surface area contributed by atoms with Crippen molar-refractivity contribution in [2.75, 3.05) is 23.4 Å². The fraction of sp³-hybridized carbons (Fsp3) is 0.250. The van der Waals surface area contributed by atoms with Crippen LogP contribution in [0.25, 0.3) is 0 Å². The number of aromatic hydroxyl groups is 1. The minimum Gasteiger partial charge on any atom is -0.505 e. The lowest BCUT2D eigenvalue weighted by atomic mass is 9.97. The molecule has 2 atom stereocenters. The Bertz CT molecular complexity index is 1180. The summed E-state index contributed by atoms with van der Waals surface area (Å²) in [6.45, 7) is 1.46. The molecule has 0 fully saturated rings. The highest BCUT2D eigenvalue weighted by Crippen LogP contribution is 2.43. The van der Waals surface area contributed by atoms with Gasteiger partial charge in [-0.3, -0.25) is 4.31 Å². The van der Waals surface area contributed by atoms with Gasteiger partial charge in [-0.1, -0.05) is 42.5 Å². The molecule has 0 radical (unpaired) electrons. The van der Waals surface area contributed by atoms with Crippen molar-refractivity contribution in [3.8, 4) is 11.5 Å². The van der Waals surface area contributed by atoms with Crippen molar-refractivity contribution in [2.24, 2.45) is 0 Å². The first kappa shape index (κ1) is 23.4. The molecule has 0 saturated carbocycles. The summed E-state index contributed by atoms with van der Waals surface area (Å²) in [5, 5.41) is 21.1. The second-order valence-corrected chi connectivity index (χ2v) is 9.51. The number of hydrogen-bond acceptors (Lipinski definition) is 6. The fourth-order valence-electron chi connectivity index (χ4n) is 3.83. The van der Waals surface area contributed by atoms with Gasteiger partial charge in [-0.15, -0.1) is 0 Å². The molecular weight excluding hydrogens is 428 g/mol. The molecule has 2 unspecified atom stereocenters. The van der Waals surface area contributed by atoms with Crippen LogP contribution in [0.4, 0.5) is 11.4 Å². The predicted octanol–water partition coefficient (Wildman–Crippen LogP) is 3.79. The Hall–Kier alpha value is -3.23. The van der Waals surface area contributed by atoms with Crippen molar-refractivity contribution in [1.82, 2.24) is 0 Å². The largest absolute Gasteiger partial charge is 0.505 e. The Labute approximate surface area is 188 Å². The van der Waals surface area contributed by atoms with E-state index in [-0.39, 0.29) is 22.7 Å². The maximum absolute atomic E-state index is 13.1. The van der Waals surface area contributed by atoms with Crippen LogP contribution in [0.3, 0.4) is 0 Å². The molecule has 3 aromatic rings. The van der Waals surface area contributed by atoms with Gasteiger partial charge in [-0.25, -0.2) is 8.42 Å². The molecule has 0 saturated heterocycles. The summed E-state index contributed by atoms with van der Waals surface area (Å²) in [6, 6.07) is 18.9. The highest BCUT2D eigenvalue weighted by molar-refractivity contribution is 7.92. The fourth-order valence-corrected chi connectivity index (χ4v) is 4.99. The summed E-state index contributed by atoms with van der Waals surface area (Å²) in [5.74, 6) is 0.214. The third-order valence-corrected chi connectivity index (χ3v) is 6.44. The normalized spacial score (nSPS) is 13.4. The van der Waals surface area contributed by atoms with Crippen LogP contribution in [0, 0.1) is 0 Å². The number of ether oxygens (including phenoxy) is 1. The second-order valence-electron chi connectivity index (χ2n) is 7.65. The smallest absolute Gasteiger partial charge is 0.232 e. The molecule has 0 aliphatic carbocycles. The van der Waals surface area contributed by atoms with Gasteiger partial charge in [0.05, 0.1) is 31.2 Å². The molecule has 7 nitrogen and oxygen atoms in total. The minimum absolute atomic E-state index is 0.0429. The van der Waals surface area contributed by atoms with E-state index in [9.17, 15) is 18.6 Å². The average molecular weight is 457 g/mol. The number of sulfonamides is 1. The zero-order chi connectivity index (χ0) is 23.5. The predicted molar refractivity (Wildman–Crippen MR) is 126 cm³/mol. The van der Waals surface area contributed by atoms with E-state index in [1.165, 1.54) is 23.4 Å². The Morgan fingerprint density at radius 3 is 2.34 bits per heavy atom. The topological polar surface area (TPSA) is 113 Å². The van der Waals surface area contributed by atoms with Gasteiger partial charge in [-0.05, 0) is 48.7 Å². The van der Waals surface area contributed by atoms with Crippen LogP contribution in [0.1, 0.15) is 35.8 Å². The zero-order valence-electron chi connectivity index (χ0n) is 18.3. The SMILES string of the molecule is COc1cccc(C(Cc2ccccc2)N(c2ccc(N)c(C(C)O)c2O)S(C)(=O)=O)c1. The van der Waals surface area contributed by atoms with Gasteiger partial charge in [0.15, 0.2) is 0 Å². The van der Waals surface area contributed by atoms with Crippen molar-refractivity contribution < 1.29 is 23.4 Å². The number of nitrogen functional groups attached to an aromatic ring is 1. The molecule has 0 bridgehead atoms. The van der Waals surface area contributed by atoms with E-state index in [4.69, 9.17) is 10.5 Å². The molecular formula is C24H28N2O5S. The third-order valence-electron chi connectivity index (χ3n) is 5.28. The molecule has 0 aliphatic rings. The number of methoxy groups -OCH3 is 1. The quantitative estimate of drug-likeness (QED) is 0.445. The first-order chi connectivity index (χ1) is 15.1. The summed E-state index contributed by atoms with van der Waals surface area (Å²) >= 11 is 0. The van der Waals surface area contributed by atoms with Crippen LogP contribution in [0.5, 0.6) is 11.5 Å². The number of nitrogens with zero attached hydrogens (tertiary/aromatic N) is 1. The van der Waals surface area contributed by atoms with E-state index in [0.29, 0.717) is 17.7 Å². The van der Waals surface area contributed by atoms with Gasteiger partial charge in [0.2, 0.25) is 10.0 Å². The van der Waals surface area contributed by atoms with E-state index in [0.717, 1.165) is 11.8 Å². The molecule has 0 heterocycles. The maximum atomic E-state index is 13.1. The van der Waals surface area contributed by atoms with Crippen LogP contribution < -0.4 is 14.8 Å². The number of anilines is 2. The van der Waals surface area contributed by atoms with Gasteiger partial charge in [0.25, 0.3) is 0 Å². The van der Waals surface area contributed by atoms with Gasteiger partial charge in [-0.2, -0.15) is 0 Å². The number of rotatable bonds is 8. The van der Waals surface area contributed by atoms with Crippen LogP contribution in [-0.2, 0) is 16.4 Å². The molecule has 3 rings (SSSR count). The average Bonchev–Trinajstić information content (AvgIpc) is 2.74. The number of phenolic OH excluding ortho intramolecular Hbond substituents is 1. The van der Waals surface area contributed by atoms with Crippen molar-refractivity contribution >= 4 is 21.4 Å². The van der Waals surface area contributed by atoms with E-state index in [1.807, 2.05) is 36.4 Å². The van der Waals surface area contributed by atoms with E-state index in [1.54, 1.807) is 25.3 Å². The molecule has 8 heteroatoms. The number of nitrogens with two attached hydrogens (primary N) is 1. The van der Waals surface area contributed by atoms with Crippen LogP contribution >= 0.6 is 0 Å². The van der Waals surface area contributed by atoms with Gasteiger partial charge in [0, 0.05) is 11.3 Å². The Balaban J connectivity index is 2.26. The molecule has 32 heavy (non-hydrogen) atoms. The third kappa shape index (κ3) is 4.98. The molecule has 170 valence electrons. The molecule has 3 aromatic carbocycles. The minimum atomic E-state index is -3.87. The van der Waals surface area contributed by atoms with Crippen molar-refractivity contribution in [1.29, 1.82) is 0 Å². The first-order valence-corrected chi connectivity index (χ1v) is 11.9. The summed E-state index contributed by atoms with van der Waals surface area (Å²) in [6.07, 6.45) is 0.346. The highest BCUT2D eigenvalue weighted by atomic mass is 32.2. The second kappa shape index (κ2) is 9.50. The lowest BCUT2D eigenvalue weighted by Gasteiger charge is -2.33. The molecule has 0 spiro atoms. The highest BCUT2D eigenvalue weighted by Gasteiger charge is 2.32. The number of phenols is 1. The van der Waals surface area contributed by atoms with Crippen LogP contribution in [0.15, 0.2) is 66.7 Å². The molecule has 0 aromatic heterocycles. The zero-order valence-corrected chi connectivity index (χ0v) is 19.1. The van der Waals surface area contributed by atoms with Gasteiger partial charge >= 0.3 is 0 Å². The van der Waals surface area contributed by atoms with Crippen molar-refractivity contribution in [3.05, 3.63) is 83.4 Å². The lowest BCUT2D eigenvalue weighted by molar-refractivity contribution is 0.196. The number of hydrogen-bond donors (Lipinski definition) is 3. The van der Waals surface area contributed by atoms with Crippen molar-refractivity contribution in [3.63, 3.8) is 0 Å². The van der Waals surface area contributed by atoms with Crippen LogP contribution in [0.2, 0.25) is 0 Å². The van der Waals surface area contributed by atoms with Gasteiger partial charge in [0.1, 0.15) is 11.5 Å². The Morgan fingerprint density at radius 1 is 1.06 bits per heavy atom. The van der Waals surface area contributed by atoms with Gasteiger partial charge < -0.3 is 20.7 Å². The first-order valence-electron chi connectivity index (χ1n) is 10.1. The summed E-state index contributed by atoms with van der Waals surface area (Å²) in [5.41, 5.74) is 7.85. The summed E-state index contributed by atoms with van der Waals surface area (Å²) in [7, 11) is -2.33. The van der Waals surface area contributed by atoms with Crippen molar-refractivity contribution in [2.45, 2.75) is 25.5 Å². The standard InChI is InChI=1S/C24H28N2O5S/c1-16(27)23-20(25)12-13-21(24(23)28)26(32(3,29)30)22(14-17-8-5-4-6-9-17)18-10-7-11-19(15-18)31-2/h4-13,15-16,22,27-28H,14,25H2,1-3H3. The molecule has 0 aliphatic heterocycles. The number of aliphatic hydroxyl groups excluding tert-OH is 1. The monoisotopic (exact) mass is 456 g/mol. The Morgan fingerprint density at radius 2 is 1.75 bits per heavy atom. The lowest BCUT2D eigenvalue weighted by Crippen LogP contribution is -2.35. The number of benzene rings is 3. The molecule has 4 N–H and O–H groups in total.